The zero-order valence-corrected chi connectivity index (χ0v) is 19.9. The molecule has 1 amide bonds. The number of anilines is 1. The van der Waals surface area contributed by atoms with Crippen molar-refractivity contribution in [2.24, 2.45) is 0 Å². The zero-order valence-electron chi connectivity index (χ0n) is 19.9. The third kappa shape index (κ3) is 5.05. The number of carbonyl (C=O) groups is 1. The van der Waals surface area contributed by atoms with Gasteiger partial charge in [-0.3, -0.25) is 14.7 Å². The number of aliphatic hydroxyl groups is 1. The number of halogens is 3. The van der Waals surface area contributed by atoms with Crippen LogP contribution in [0.2, 0.25) is 0 Å². The normalized spacial score (nSPS) is 15.6. The highest BCUT2D eigenvalue weighted by Gasteiger charge is 2.33. The van der Waals surface area contributed by atoms with Gasteiger partial charge in [-0.2, -0.15) is 0 Å². The molecule has 1 aliphatic rings. The third-order valence-corrected chi connectivity index (χ3v) is 6.08. The van der Waals surface area contributed by atoms with Crippen LogP contribution in [0, 0.1) is 31.3 Å². The number of aliphatic hydroxyl groups excluding tert-OH is 1. The smallest absolute Gasteiger partial charge is 0.279 e. The topological polar surface area (TPSA) is 84.8 Å². The van der Waals surface area contributed by atoms with E-state index in [9.17, 15) is 13.6 Å². The number of rotatable bonds is 7. The van der Waals surface area contributed by atoms with Crippen molar-refractivity contribution >= 4 is 11.6 Å². The molecule has 3 heterocycles. The molecule has 7 nitrogen and oxygen atoms in total. The van der Waals surface area contributed by atoms with Crippen molar-refractivity contribution in [3.05, 3.63) is 70.9 Å². The predicted molar refractivity (Wildman–Crippen MR) is 126 cm³/mol. The van der Waals surface area contributed by atoms with Gasteiger partial charge >= 0.3 is 0 Å². The summed E-state index contributed by atoms with van der Waals surface area (Å²) in [6.45, 7) is 2.91. The summed E-state index contributed by atoms with van der Waals surface area (Å²) >= 11 is 0. The highest BCUT2D eigenvalue weighted by atomic mass is 19.1. The SMILES string of the molecule is Cc1c(C(=O)N(c2cccnc2)C2CCCCO2)nc(-c2c(F)cc(OCCO)cc2F)c(F)c1C. The molecule has 0 aliphatic carbocycles. The fourth-order valence-corrected chi connectivity index (χ4v) is 4.11. The van der Waals surface area contributed by atoms with E-state index in [1.165, 1.54) is 24.9 Å². The van der Waals surface area contributed by atoms with Gasteiger partial charge in [-0.25, -0.2) is 18.2 Å². The van der Waals surface area contributed by atoms with E-state index in [0.717, 1.165) is 25.0 Å². The summed E-state index contributed by atoms with van der Waals surface area (Å²) in [5.74, 6) is -3.93. The molecule has 1 unspecified atom stereocenters. The lowest BCUT2D eigenvalue weighted by Crippen LogP contribution is -2.44. The maximum atomic E-state index is 15.3. The minimum Gasteiger partial charge on any atom is -0.491 e. The number of amides is 1. The molecular weight excluding hydrogens is 475 g/mol. The highest BCUT2D eigenvalue weighted by molar-refractivity contribution is 6.06. The molecule has 1 fully saturated rings. The Bertz CT molecular complexity index is 1230. The van der Waals surface area contributed by atoms with E-state index >= 15 is 4.39 Å². The summed E-state index contributed by atoms with van der Waals surface area (Å²) in [4.78, 5) is 23.5. The van der Waals surface area contributed by atoms with E-state index in [1.807, 2.05) is 0 Å². The number of ether oxygens (including phenoxy) is 2. The molecule has 1 saturated heterocycles. The van der Waals surface area contributed by atoms with Gasteiger partial charge in [0.1, 0.15) is 41.6 Å². The van der Waals surface area contributed by atoms with Gasteiger partial charge in [-0.15, -0.1) is 0 Å². The Kier molecular flexibility index (Phi) is 7.85. The van der Waals surface area contributed by atoms with Crippen molar-refractivity contribution in [3.63, 3.8) is 0 Å². The van der Waals surface area contributed by atoms with Crippen molar-refractivity contribution in [2.75, 3.05) is 24.7 Å². The van der Waals surface area contributed by atoms with Crippen molar-refractivity contribution in [2.45, 2.75) is 39.3 Å². The second-order valence-corrected chi connectivity index (χ2v) is 8.41. The lowest BCUT2D eigenvalue weighted by Gasteiger charge is -2.34. The van der Waals surface area contributed by atoms with Gasteiger partial charge in [0.15, 0.2) is 5.82 Å². The Morgan fingerprint density at radius 1 is 1.19 bits per heavy atom. The number of pyridine rings is 2. The van der Waals surface area contributed by atoms with E-state index < -0.39 is 40.8 Å². The van der Waals surface area contributed by atoms with Crippen LogP contribution in [0.25, 0.3) is 11.3 Å². The summed E-state index contributed by atoms with van der Waals surface area (Å²) in [5.41, 5.74) is -0.750. The summed E-state index contributed by atoms with van der Waals surface area (Å²) < 4.78 is 56.2. The van der Waals surface area contributed by atoms with Crippen LogP contribution in [0.5, 0.6) is 5.75 Å². The Morgan fingerprint density at radius 3 is 2.56 bits per heavy atom. The van der Waals surface area contributed by atoms with Crippen molar-refractivity contribution < 1.29 is 32.5 Å². The monoisotopic (exact) mass is 501 g/mol. The molecule has 36 heavy (non-hydrogen) atoms. The van der Waals surface area contributed by atoms with Crippen LogP contribution < -0.4 is 9.64 Å². The molecule has 10 heteroatoms. The van der Waals surface area contributed by atoms with E-state index in [1.54, 1.807) is 18.3 Å². The second kappa shape index (κ2) is 11.0. The third-order valence-electron chi connectivity index (χ3n) is 6.08. The van der Waals surface area contributed by atoms with E-state index in [-0.39, 0.29) is 35.8 Å². The van der Waals surface area contributed by atoms with Crippen molar-refractivity contribution in [1.29, 1.82) is 0 Å². The molecule has 190 valence electrons. The molecule has 1 N–H and O–H groups in total. The number of nitrogens with zero attached hydrogens (tertiary/aromatic N) is 3. The van der Waals surface area contributed by atoms with Crippen LogP contribution in [-0.4, -0.2) is 47.0 Å². The van der Waals surface area contributed by atoms with Gasteiger partial charge in [0.05, 0.1) is 24.1 Å². The predicted octanol–water partition coefficient (Wildman–Crippen LogP) is 4.72. The fraction of sp³-hybridized carbons (Fsp3) is 0.346. The van der Waals surface area contributed by atoms with Crippen LogP contribution in [0.3, 0.4) is 0 Å². The maximum Gasteiger partial charge on any atom is 0.279 e. The average Bonchev–Trinajstić information content (AvgIpc) is 2.88. The molecule has 0 saturated carbocycles. The molecule has 0 bridgehead atoms. The quantitative estimate of drug-likeness (QED) is 0.504. The summed E-state index contributed by atoms with van der Waals surface area (Å²) in [5, 5.41) is 8.87. The van der Waals surface area contributed by atoms with Crippen LogP contribution in [0.1, 0.15) is 40.9 Å². The van der Waals surface area contributed by atoms with Gasteiger partial charge in [0.25, 0.3) is 5.91 Å². The molecular formula is C26H26F3N3O4. The summed E-state index contributed by atoms with van der Waals surface area (Å²) in [7, 11) is 0. The van der Waals surface area contributed by atoms with Crippen LogP contribution >= 0.6 is 0 Å². The highest BCUT2D eigenvalue weighted by Crippen LogP contribution is 2.34. The minimum atomic E-state index is -1.12. The van der Waals surface area contributed by atoms with Gasteiger partial charge in [-0.1, -0.05) is 0 Å². The Morgan fingerprint density at radius 2 is 1.94 bits per heavy atom. The van der Waals surface area contributed by atoms with E-state index in [4.69, 9.17) is 14.6 Å². The standard InChI is InChI=1S/C26H26F3N3O4/c1-15-16(2)24(26(34)32(17-6-5-8-30-14-17)21-7-3-4-10-36-21)31-25(23(15)29)22-19(27)12-18(13-20(22)28)35-11-9-33/h5-6,8,12-14,21,33H,3-4,7,9-11H2,1-2H3. The first-order valence-corrected chi connectivity index (χ1v) is 11.6. The molecule has 1 atom stereocenters. The maximum absolute atomic E-state index is 15.3. The minimum absolute atomic E-state index is 0.0402. The number of hydrogen-bond donors (Lipinski definition) is 1. The number of aromatic nitrogens is 2. The summed E-state index contributed by atoms with van der Waals surface area (Å²) in [6.07, 6.45) is 4.76. The van der Waals surface area contributed by atoms with Gasteiger partial charge in [0, 0.05) is 24.9 Å². The lowest BCUT2D eigenvalue weighted by atomic mass is 10.0. The molecule has 3 aromatic rings. The molecule has 4 rings (SSSR count). The van der Waals surface area contributed by atoms with Gasteiger partial charge < -0.3 is 14.6 Å². The Balaban J connectivity index is 1.83. The van der Waals surface area contributed by atoms with Gasteiger partial charge in [0.2, 0.25) is 0 Å². The second-order valence-electron chi connectivity index (χ2n) is 8.41. The van der Waals surface area contributed by atoms with Crippen LogP contribution in [0.15, 0.2) is 36.7 Å². The first-order chi connectivity index (χ1) is 17.3. The molecule has 2 aromatic heterocycles. The number of hydrogen-bond acceptors (Lipinski definition) is 6. The molecule has 0 spiro atoms. The van der Waals surface area contributed by atoms with Gasteiger partial charge in [-0.05, 0) is 56.4 Å². The van der Waals surface area contributed by atoms with Crippen LogP contribution in [-0.2, 0) is 4.74 Å². The Labute approximate surface area is 206 Å². The van der Waals surface area contributed by atoms with E-state index in [0.29, 0.717) is 18.7 Å². The largest absolute Gasteiger partial charge is 0.491 e. The van der Waals surface area contributed by atoms with E-state index in [2.05, 4.69) is 9.97 Å². The zero-order chi connectivity index (χ0) is 25.8. The molecule has 1 aromatic carbocycles. The first kappa shape index (κ1) is 25.6. The first-order valence-electron chi connectivity index (χ1n) is 11.6. The molecule has 0 radical (unpaired) electrons. The average molecular weight is 502 g/mol. The van der Waals surface area contributed by atoms with Crippen LogP contribution in [0.4, 0.5) is 18.9 Å². The Hall–Kier alpha value is -3.50. The van der Waals surface area contributed by atoms with Crippen molar-refractivity contribution in [1.82, 2.24) is 9.97 Å². The fourth-order valence-electron chi connectivity index (χ4n) is 4.11. The van der Waals surface area contributed by atoms with Crippen molar-refractivity contribution in [3.8, 4) is 17.0 Å². The number of benzene rings is 1. The summed E-state index contributed by atoms with van der Waals surface area (Å²) in [6, 6.07) is 5.12. The lowest BCUT2D eigenvalue weighted by molar-refractivity contribution is 0.0143. The number of carbonyl (C=O) groups excluding carboxylic acids is 1. The molecule has 1 aliphatic heterocycles.